The zero-order valence-electron chi connectivity index (χ0n) is 14.0. The maximum absolute atomic E-state index is 12.0. The van der Waals surface area contributed by atoms with Gasteiger partial charge in [-0.05, 0) is 12.5 Å². The van der Waals surface area contributed by atoms with Crippen molar-refractivity contribution in [3.8, 4) is 11.4 Å². The number of rotatable bonds is 6. The Morgan fingerprint density at radius 1 is 1.00 bits per heavy atom. The highest BCUT2D eigenvalue weighted by molar-refractivity contribution is 7.99. The summed E-state index contributed by atoms with van der Waals surface area (Å²) in [5, 5.41) is 2.83. The lowest BCUT2D eigenvalue weighted by Crippen LogP contribution is -2.14. The molecule has 0 aliphatic carbocycles. The fourth-order valence-corrected chi connectivity index (χ4v) is 3.06. The van der Waals surface area contributed by atoms with Crippen molar-refractivity contribution in [2.45, 2.75) is 12.7 Å². The Hall–Kier alpha value is -2.66. The lowest BCUT2D eigenvalue weighted by molar-refractivity contribution is -0.113. The number of carbonyl (C=O) groups is 1. The largest absolute Gasteiger partial charge is 0.323 e. The Morgan fingerprint density at radius 2 is 1.68 bits per heavy atom. The highest BCUT2D eigenvalue weighted by Crippen LogP contribution is 2.16. The number of thioether (sulfide) groups is 1. The molecule has 1 amide bonds. The molecule has 1 N–H and O–H groups in total. The Bertz CT molecular complexity index is 818. The molecule has 0 spiro atoms. The monoisotopic (exact) mass is 349 g/mol. The molecule has 25 heavy (non-hydrogen) atoms. The van der Waals surface area contributed by atoms with Crippen LogP contribution < -0.4 is 5.32 Å². The predicted octanol–water partition coefficient (Wildman–Crippen LogP) is 4.32. The Labute approximate surface area is 151 Å². The summed E-state index contributed by atoms with van der Waals surface area (Å²) in [6.45, 7) is 2.06. The van der Waals surface area contributed by atoms with Crippen LogP contribution in [0.3, 0.4) is 0 Å². The fourth-order valence-electron chi connectivity index (χ4n) is 2.27. The van der Waals surface area contributed by atoms with Crippen molar-refractivity contribution in [1.82, 2.24) is 9.97 Å². The molecule has 0 bridgehead atoms. The number of nitrogens with one attached hydrogen (secondary N) is 1. The average molecular weight is 349 g/mol. The van der Waals surface area contributed by atoms with Crippen molar-refractivity contribution in [1.29, 1.82) is 0 Å². The van der Waals surface area contributed by atoms with E-state index in [1.807, 2.05) is 30.3 Å². The predicted molar refractivity (Wildman–Crippen MR) is 103 cm³/mol. The van der Waals surface area contributed by atoms with E-state index >= 15 is 0 Å². The third kappa shape index (κ3) is 5.16. The second-order valence-electron chi connectivity index (χ2n) is 5.69. The molecule has 0 aliphatic heterocycles. The van der Waals surface area contributed by atoms with Gasteiger partial charge in [0, 0.05) is 11.3 Å². The summed E-state index contributed by atoms with van der Waals surface area (Å²) in [4.78, 5) is 20.6. The Kier molecular flexibility index (Phi) is 5.80. The molecule has 4 nitrogen and oxygen atoms in total. The van der Waals surface area contributed by atoms with Crippen LogP contribution in [0, 0.1) is 6.92 Å². The Morgan fingerprint density at radius 3 is 2.36 bits per heavy atom. The molecule has 1 aromatic heterocycles. The minimum atomic E-state index is -0.0480. The number of aromatic nitrogens is 2. The van der Waals surface area contributed by atoms with E-state index in [4.69, 9.17) is 0 Å². The molecule has 5 heteroatoms. The molecule has 0 saturated heterocycles. The van der Waals surface area contributed by atoms with Crippen molar-refractivity contribution in [2.75, 3.05) is 11.1 Å². The lowest BCUT2D eigenvalue weighted by atomic mass is 10.2. The van der Waals surface area contributed by atoms with Crippen LogP contribution in [0.4, 0.5) is 5.69 Å². The summed E-state index contributed by atoms with van der Waals surface area (Å²) >= 11 is 1.59. The summed E-state index contributed by atoms with van der Waals surface area (Å²) in [5.41, 5.74) is 4.03. The van der Waals surface area contributed by atoms with Crippen molar-refractivity contribution in [3.63, 3.8) is 0 Å². The number of benzene rings is 2. The van der Waals surface area contributed by atoms with Crippen LogP contribution in [-0.4, -0.2) is 21.6 Å². The van der Waals surface area contributed by atoms with Crippen molar-refractivity contribution < 1.29 is 4.79 Å². The van der Waals surface area contributed by atoms with Gasteiger partial charge in [0.1, 0.15) is 0 Å². The van der Waals surface area contributed by atoms with Gasteiger partial charge in [-0.15, -0.1) is 11.8 Å². The maximum Gasteiger partial charge on any atom is 0.234 e. The molecule has 3 rings (SSSR count). The number of hydrogen-bond donors (Lipinski definition) is 1. The summed E-state index contributed by atoms with van der Waals surface area (Å²) in [6, 6.07) is 18.1. The van der Waals surface area contributed by atoms with E-state index in [9.17, 15) is 4.79 Å². The number of amides is 1. The van der Waals surface area contributed by atoms with Crippen LogP contribution in [0.1, 0.15) is 11.1 Å². The molecule has 2 aromatic carbocycles. The van der Waals surface area contributed by atoms with E-state index in [0.29, 0.717) is 17.3 Å². The van der Waals surface area contributed by atoms with Crippen molar-refractivity contribution in [2.24, 2.45) is 0 Å². The van der Waals surface area contributed by atoms with E-state index in [1.54, 1.807) is 24.2 Å². The standard InChI is InChI=1S/C20H19N3OS/c1-15-7-9-16(10-8-15)13-25-14-19(24)23-18-11-21-20(22-12-18)17-5-3-2-4-6-17/h2-12H,13-14H2,1H3,(H,23,24). The van der Waals surface area contributed by atoms with Crippen LogP contribution in [0.5, 0.6) is 0 Å². The zero-order valence-corrected chi connectivity index (χ0v) is 14.8. The van der Waals surface area contributed by atoms with Crippen LogP contribution in [-0.2, 0) is 10.5 Å². The van der Waals surface area contributed by atoms with Gasteiger partial charge in [-0.1, -0.05) is 60.2 Å². The highest BCUT2D eigenvalue weighted by Gasteiger charge is 2.05. The van der Waals surface area contributed by atoms with Gasteiger partial charge in [0.25, 0.3) is 0 Å². The molecule has 126 valence electrons. The van der Waals surface area contributed by atoms with E-state index in [0.717, 1.165) is 11.3 Å². The number of nitrogens with zero attached hydrogens (tertiary/aromatic N) is 2. The number of aryl methyl sites for hydroxylation is 1. The third-order valence-electron chi connectivity index (χ3n) is 3.59. The summed E-state index contributed by atoms with van der Waals surface area (Å²) < 4.78 is 0. The average Bonchev–Trinajstić information content (AvgIpc) is 2.65. The van der Waals surface area contributed by atoms with Gasteiger partial charge in [0.05, 0.1) is 23.8 Å². The van der Waals surface area contributed by atoms with Gasteiger partial charge in [-0.2, -0.15) is 0 Å². The normalized spacial score (nSPS) is 10.4. The van der Waals surface area contributed by atoms with Crippen LogP contribution in [0.2, 0.25) is 0 Å². The molecule has 0 radical (unpaired) electrons. The number of hydrogen-bond acceptors (Lipinski definition) is 4. The first-order chi connectivity index (χ1) is 12.2. The molecule has 0 aliphatic rings. The SMILES string of the molecule is Cc1ccc(CSCC(=O)Nc2cnc(-c3ccccc3)nc2)cc1. The summed E-state index contributed by atoms with van der Waals surface area (Å²) in [7, 11) is 0. The van der Waals surface area contributed by atoms with Gasteiger partial charge < -0.3 is 5.32 Å². The number of carbonyl (C=O) groups excluding carboxylic acids is 1. The van der Waals surface area contributed by atoms with Gasteiger partial charge in [-0.3, -0.25) is 4.79 Å². The molecule has 0 saturated carbocycles. The topological polar surface area (TPSA) is 54.9 Å². The second-order valence-corrected chi connectivity index (χ2v) is 6.67. The first-order valence-electron chi connectivity index (χ1n) is 8.01. The van der Waals surface area contributed by atoms with Gasteiger partial charge in [0.2, 0.25) is 5.91 Å². The quantitative estimate of drug-likeness (QED) is 0.720. The zero-order chi connectivity index (χ0) is 17.5. The molecule has 0 atom stereocenters. The minimum absolute atomic E-state index is 0.0480. The highest BCUT2D eigenvalue weighted by atomic mass is 32.2. The molecular formula is C20H19N3OS. The maximum atomic E-state index is 12.0. The van der Waals surface area contributed by atoms with Crippen molar-refractivity contribution >= 4 is 23.4 Å². The Balaban J connectivity index is 1.48. The number of anilines is 1. The molecule has 1 heterocycles. The summed E-state index contributed by atoms with van der Waals surface area (Å²) in [5.74, 6) is 1.81. The fraction of sp³-hybridized carbons (Fsp3) is 0.150. The van der Waals surface area contributed by atoms with Gasteiger partial charge in [-0.25, -0.2) is 9.97 Å². The molecule has 0 fully saturated rings. The smallest absolute Gasteiger partial charge is 0.234 e. The lowest BCUT2D eigenvalue weighted by Gasteiger charge is -2.06. The van der Waals surface area contributed by atoms with E-state index in [-0.39, 0.29) is 5.91 Å². The van der Waals surface area contributed by atoms with E-state index in [2.05, 4.69) is 46.5 Å². The third-order valence-corrected chi connectivity index (χ3v) is 4.59. The van der Waals surface area contributed by atoms with E-state index in [1.165, 1.54) is 11.1 Å². The van der Waals surface area contributed by atoms with Gasteiger partial charge in [0.15, 0.2) is 5.82 Å². The minimum Gasteiger partial charge on any atom is -0.323 e. The molecule has 3 aromatic rings. The van der Waals surface area contributed by atoms with Crippen LogP contribution in [0.25, 0.3) is 11.4 Å². The van der Waals surface area contributed by atoms with E-state index < -0.39 is 0 Å². The van der Waals surface area contributed by atoms with Crippen LogP contribution >= 0.6 is 11.8 Å². The second kappa shape index (κ2) is 8.44. The molecule has 0 unspecified atom stereocenters. The van der Waals surface area contributed by atoms with Gasteiger partial charge >= 0.3 is 0 Å². The molecular weight excluding hydrogens is 330 g/mol. The first-order valence-corrected chi connectivity index (χ1v) is 9.17. The first kappa shape index (κ1) is 17.2. The van der Waals surface area contributed by atoms with Crippen LogP contribution in [0.15, 0.2) is 67.0 Å². The summed E-state index contributed by atoms with van der Waals surface area (Å²) in [6.07, 6.45) is 3.27. The van der Waals surface area contributed by atoms with Crippen molar-refractivity contribution in [3.05, 3.63) is 78.1 Å².